The van der Waals surface area contributed by atoms with Crippen LogP contribution >= 0.6 is 11.3 Å². The van der Waals surface area contributed by atoms with Gasteiger partial charge < -0.3 is 15.2 Å². The van der Waals surface area contributed by atoms with Crippen LogP contribution in [0.5, 0.6) is 0 Å². The summed E-state index contributed by atoms with van der Waals surface area (Å²) in [6, 6.07) is -1.58. The molecular formula is C13H21N3O4S. The van der Waals surface area contributed by atoms with Crippen LogP contribution in [0, 0.1) is 0 Å². The molecule has 0 spiro atoms. The quantitative estimate of drug-likeness (QED) is 0.746. The number of rotatable bonds is 6. The number of nitrogens with zero attached hydrogens (tertiary/aromatic N) is 1. The Balaban J connectivity index is 2.60. The van der Waals surface area contributed by atoms with Gasteiger partial charge in [-0.25, -0.2) is 14.6 Å². The van der Waals surface area contributed by atoms with Crippen LogP contribution in [-0.4, -0.2) is 41.8 Å². The van der Waals surface area contributed by atoms with Crippen molar-refractivity contribution >= 4 is 28.5 Å². The first-order valence-corrected chi connectivity index (χ1v) is 7.37. The number of carboxylic acids is 1. The van der Waals surface area contributed by atoms with Gasteiger partial charge in [-0.05, 0) is 0 Å². The third kappa shape index (κ3) is 5.68. The summed E-state index contributed by atoms with van der Waals surface area (Å²) in [5.74, 6) is -1.10. The van der Waals surface area contributed by atoms with Gasteiger partial charge in [-0.2, -0.15) is 0 Å². The normalized spacial score (nSPS) is 12.8. The second-order valence-corrected chi connectivity index (χ2v) is 6.42. The summed E-state index contributed by atoms with van der Waals surface area (Å²) in [7, 11) is 1.47. The summed E-state index contributed by atoms with van der Waals surface area (Å²) in [5.41, 5.74) is 0.770. The SMILES string of the molecule is COCCC(NC(=O)Nc1nc(C(C)(C)C)cs1)C(=O)O. The smallest absolute Gasteiger partial charge is 0.326 e. The van der Waals surface area contributed by atoms with Gasteiger partial charge in [-0.15, -0.1) is 11.3 Å². The van der Waals surface area contributed by atoms with Crippen LogP contribution in [0.25, 0.3) is 0 Å². The van der Waals surface area contributed by atoms with Gasteiger partial charge in [0.2, 0.25) is 0 Å². The van der Waals surface area contributed by atoms with E-state index in [1.54, 1.807) is 0 Å². The van der Waals surface area contributed by atoms with Crippen molar-refractivity contribution < 1.29 is 19.4 Å². The number of urea groups is 1. The van der Waals surface area contributed by atoms with Crippen LogP contribution in [-0.2, 0) is 14.9 Å². The number of hydrogen-bond acceptors (Lipinski definition) is 5. The minimum Gasteiger partial charge on any atom is -0.480 e. The predicted molar refractivity (Wildman–Crippen MR) is 80.9 cm³/mol. The van der Waals surface area contributed by atoms with Crippen molar-refractivity contribution in [3.05, 3.63) is 11.1 Å². The number of nitrogens with one attached hydrogen (secondary N) is 2. The van der Waals surface area contributed by atoms with E-state index in [4.69, 9.17) is 9.84 Å². The van der Waals surface area contributed by atoms with Crippen LogP contribution < -0.4 is 10.6 Å². The maximum atomic E-state index is 11.8. The molecule has 118 valence electrons. The van der Waals surface area contributed by atoms with Crippen molar-refractivity contribution in [3.8, 4) is 0 Å². The fraction of sp³-hybridized carbons (Fsp3) is 0.615. The number of carbonyl (C=O) groups excluding carboxylic acids is 1. The number of carboxylic acid groups (broad SMARTS) is 1. The summed E-state index contributed by atoms with van der Waals surface area (Å²) >= 11 is 1.30. The van der Waals surface area contributed by atoms with Gasteiger partial charge in [0.05, 0.1) is 5.69 Å². The highest BCUT2D eigenvalue weighted by molar-refractivity contribution is 7.13. The molecule has 21 heavy (non-hydrogen) atoms. The Bertz CT molecular complexity index is 496. The molecule has 1 atom stereocenters. The Kier molecular flexibility index (Phi) is 6.10. The van der Waals surface area contributed by atoms with Crippen molar-refractivity contribution in [2.45, 2.75) is 38.6 Å². The van der Waals surface area contributed by atoms with Crippen molar-refractivity contribution in [2.75, 3.05) is 19.0 Å². The molecule has 0 bridgehead atoms. The number of amides is 2. The van der Waals surface area contributed by atoms with Crippen molar-refractivity contribution in [2.24, 2.45) is 0 Å². The number of hydrogen-bond donors (Lipinski definition) is 3. The number of methoxy groups -OCH3 is 1. The van der Waals surface area contributed by atoms with Crippen molar-refractivity contribution in [1.82, 2.24) is 10.3 Å². The fourth-order valence-corrected chi connectivity index (χ4v) is 2.39. The number of ether oxygens (including phenoxy) is 1. The fourth-order valence-electron chi connectivity index (χ4n) is 1.46. The van der Waals surface area contributed by atoms with E-state index in [9.17, 15) is 9.59 Å². The first-order chi connectivity index (χ1) is 9.74. The van der Waals surface area contributed by atoms with Crippen molar-refractivity contribution in [3.63, 3.8) is 0 Å². The lowest BCUT2D eigenvalue weighted by Gasteiger charge is -2.15. The van der Waals surface area contributed by atoms with Gasteiger partial charge in [-0.3, -0.25) is 5.32 Å². The highest BCUT2D eigenvalue weighted by Crippen LogP contribution is 2.26. The summed E-state index contributed by atoms with van der Waals surface area (Å²) in [4.78, 5) is 27.1. The molecule has 0 saturated carbocycles. The van der Waals surface area contributed by atoms with Crippen LogP contribution in [0.4, 0.5) is 9.93 Å². The van der Waals surface area contributed by atoms with E-state index in [-0.39, 0.29) is 18.4 Å². The Labute approximate surface area is 127 Å². The Hall–Kier alpha value is -1.67. The number of aliphatic carboxylic acids is 1. The van der Waals surface area contributed by atoms with E-state index in [2.05, 4.69) is 15.6 Å². The number of thiazole rings is 1. The zero-order valence-electron chi connectivity index (χ0n) is 12.6. The first kappa shape index (κ1) is 17.4. The maximum Gasteiger partial charge on any atom is 0.326 e. The molecule has 0 aliphatic carbocycles. The molecular weight excluding hydrogens is 294 g/mol. The highest BCUT2D eigenvalue weighted by Gasteiger charge is 2.21. The standard InChI is InChI=1S/C13H21N3O4S/c1-13(2,3)9-7-21-12(15-9)16-11(19)14-8(10(17)18)5-6-20-4/h7-8H,5-6H2,1-4H3,(H,17,18)(H2,14,15,16,19). The van der Waals surface area contributed by atoms with Crippen LogP contribution in [0.2, 0.25) is 0 Å². The lowest BCUT2D eigenvalue weighted by atomic mass is 9.93. The Morgan fingerprint density at radius 3 is 2.62 bits per heavy atom. The van der Waals surface area contributed by atoms with E-state index < -0.39 is 18.0 Å². The van der Waals surface area contributed by atoms with Gasteiger partial charge in [0, 0.05) is 30.9 Å². The molecule has 1 heterocycles. The van der Waals surface area contributed by atoms with Gasteiger partial charge in [-0.1, -0.05) is 20.8 Å². The lowest BCUT2D eigenvalue weighted by molar-refractivity contribution is -0.139. The molecule has 0 radical (unpaired) electrons. The zero-order chi connectivity index (χ0) is 16.0. The minimum absolute atomic E-state index is 0.102. The molecule has 1 rings (SSSR count). The summed E-state index contributed by atoms with van der Waals surface area (Å²) in [6.45, 7) is 6.33. The van der Waals surface area contributed by atoms with E-state index in [0.29, 0.717) is 5.13 Å². The number of aromatic nitrogens is 1. The monoisotopic (exact) mass is 315 g/mol. The molecule has 0 fully saturated rings. The molecule has 0 saturated heterocycles. The van der Waals surface area contributed by atoms with E-state index in [1.807, 2.05) is 26.2 Å². The zero-order valence-corrected chi connectivity index (χ0v) is 13.4. The van der Waals surface area contributed by atoms with Gasteiger partial charge >= 0.3 is 12.0 Å². The Morgan fingerprint density at radius 2 is 2.14 bits per heavy atom. The molecule has 8 heteroatoms. The maximum absolute atomic E-state index is 11.8. The predicted octanol–water partition coefficient (Wildman–Crippen LogP) is 2.05. The Morgan fingerprint density at radius 1 is 1.48 bits per heavy atom. The van der Waals surface area contributed by atoms with Crippen LogP contribution in [0.1, 0.15) is 32.9 Å². The summed E-state index contributed by atoms with van der Waals surface area (Å²) in [5, 5.41) is 16.3. The largest absolute Gasteiger partial charge is 0.480 e. The van der Waals surface area contributed by atoms with Crippen LogP contribution in [0.15, 0.2) is 5.38 Å². The van der Waals surface area contributed by atoms with Gasteiger partial charge in [0.25, 0.3) is 0 Å². The molecule has 0 aliphatic rings. The van der Waals surface area contributed by atoms with Crippen molar-refractivity contribution in [1.29, 1.82) is 0 Å². The lowest BCUT2D eigenvalue weighted by Crippen LogP contribution is -2.43. The molecule has 1 unspecified atom stereocenters. The molecule has 1 aromatic heterocycles. The molecule has 0 aliphatic heterocycles. The number of carbonyl (C=O) groups is 2. The first-order valence-electron chi connectivity index (χ1n) is 6.49. The summed E-state index contributed by atoms with van der Waals surface area (Å²) in [6.07, 6.45) is 0.199. The summed E-state index contributed by atoms with van der Waals surface area (Å²) < 4.78 is 4.82. The second-order valence-electron chi connectivity index (χ2n) is 5.56. The van der Waals surface area contributed by atoms with E-state index in [1.165, 1.54) is 18.4 Å². The minimum atomic E-state index is -1.10. The average Bonchev–Trinajstić information content (AvgIpc) is 2.82. The van der Waals surface area contributed by atoms with Gasteiger partial charge in [0.15, 0.2) is 5.13 Å². The highest BCUT2D eigenvalue weighted by atomic mass is 32.1. The molecule has 2 amide bonds. The topological polar surface area (TPSA) is 101 Å². The number of anilines is 1. The third-order valence-corrected chi connectivity index (χ3v) is 3.46. The van der Waals surface area contributed by atoms with Crippen LogP contribution in [0.3, 0.4) is 0 Å². The third-order valence-electron chi connectivity index (χ3n) is 2.71. The second kappa shape index (κ2) is 7.37. The molecule has 1 aromatic rings. The molecule has 7 nitrogen and oxygen atoms in total. The average molecular weight is 315 g/mol. The molecule has 0 aromatic carbocycles. The van der Waals surface area contributed by atoms with E-state index in [0.717, 1.165) is 5.69 Å². The van der Waals surface area contributed by atoms with Gasteiger partial charge in [0.1, 0.15) is 6.04 Å². The van der Waals surface area contributed by atoms with E-state index >= 15 is 0 Å². The molecule has 3 N–H and O–H groups in total.